The number of benzene rings is 1. The van der Waals surface area contributed by atoms with Crippen molar-refractivity contribution in [1.29, 1.82) is 0 Å². The molecule has 1 aromatic carbocycles. The Labute approximate surface area is 129 Å². The number of anilines is 1. The molecule has 0 aromatic heterocycles. The number of nitrogens with two attached hydrogens (primary N) is 1. The number of halogens is 1. The molecule has 1 heterocycles. The second kappa shape index (κ2) is 6.80. The lowest BCUT2D eigenvalue weighted by Gasteiger charge is -2.35. The third-order valence-electron chi connectivity index (χ3n) is 3.78. The summed E-state index contributed by atoms with van der Waals surface area (Å²) in [7, 11) is 1.35. The zero-order chi connectivity index (χ0) is 15.4. The first kappa shape index (κ1) is 15.6. The Bertz CT molecular complexity index is 548. The van der Waals surface area contributed by atoms with Gasteiger partial charge in [-0.25, -0.2) is 0 Å². The molecule has 5 nitrogen and oxygen atoms in total. The number of hydrogen-bond donors (Lipinski definition) is 1. The van der Waals surface area contributed by atoms with Crippen LogP contribution in [0.3, 0.4) is 0 Å². The number of esters is 1. The lowest BCUT2D eigenvalue weighted by atomic mass is 9.98. The Hall–Kier alpha value is -1.75. The van der Waals surface area contributed by atoms with Gasteiger partial charge in [0.25, 0.3) is 5.91 Å². The molecule has 2 N–H and O–H groups in total. The number of carbonyl (C=O) groups excluding carboxylic acids is 2. The number of carbonyl (C=O) groups is 2. The van der Waals surface area contributed by atoms with Gasteiger partial charge >= 0.3 is 5.97 Å². The Morgan fingerprint density at radius 3 is 2.90 bits per heavy atom. The number of nitrogen functional groups attached to an aromatic ring is 1. The summed E-state index contributed by atoms with van der Waals surface area (Å²) in [5.41, 5.74) is 6.51. The number of ether oxygens (including phenoxy) is 1. The van der Waals surface area contributed by atoms with Gasteiger partial charge in [0.1, 0.15) is 0 Å². The zero-order valence-corrected chi connectivity index (χ0v) is 12.7. The summed E-state index contributed by atoms with van der Waals surface area (Å²) in [6.07, 6.45) is 2.92. The van der Waals surface area contributed by atoms with E-state index in [1.807, 2.05) is 0 Å². The summed E-state index contributed by atoms with van der Waals surface area (Å²) in [6.45, 7) is 0.617. The molecule has 1 aliphatic rings. The van der Waals surface area contributed by atoms with Gasteiger partial charge in [-0.05, 0) is 31.4 Å². The van der Waals surface area contributed by atoms with E-state index in [9.17, 15) is 9.59 Å². The van der Waals surface area contributed by atoms with Crippen molar-refractivity contribution < 1.29 is 14.3 Å². The number of nitrogens with zero attached hydrogens (tertiary/aromatic N) is 1. The minimum absolute atomic E-state index is 0.142. The van der Waals surface area contributed by atoms with Crippen molar-refractivity contribution in [2.45, 2.75) is 31.7 Å². The third kappa shape index (κ3) is 3.47. The van der Waals surface area contributed by atoms with Crippen LogP contribution < -0.4 is 5.73 Å². The van der Waals surface area contributed by atoms with E-state index < -0.39 is 0 Å². The van der Waals surface area contributed by atoms with Crippen molar-refractivity contribution in [3.05, 3.63) is 28.8 Å². The molecule has 1 atom stereocenters. The SMILES string of the molecule is COC(=O)CC1CCCCN1C(=O)c1cccc(N)c1Cl. The predicted molar refractivity (Wildman–Crippen MR) is 81.2 cm³/mol. The molecule has 21 heavy (non-hydrogen) atoms. The molecule has 0 bridgehead atoms. The van der Waals surface area contributed by atoms with Crippen LogP contribution in [0.1, 0.15) is 36.0 Å². The maximum Gasteiger partial charge on any atom is 0.307 e. The topological polar surface area (TPSA) is 72.6 Å². The molecule has 0 radical (unpaired) electrons. The number of methoxy groups -OCH3 is 1. The highest BCUT2D eigenvalue weighted by molar-refractivity contribution is 6.36. The van der Waals surface area contributed by atoms with Gasteiger partial charge in [0.15, 0.2) is 0 Å². The second-order valence-electron chi connectivity index (χ2n) is 5.14. The molecule has 1 saturated heterocycles. The van der Waals surface area contributed by atoms with Crippen molar-refractivity contribution >= 4 is 29.2 Å². The average molecular weight is 311 g/mol. The van der Waals surface area contributed by atoms with Crippen LogP contribution in [0.15, 0.2) is 18.2 Å². The highest BCUT2D eigenvalue weighted by Gasteiger charge is 2.30. The van der Waals surface area contributed by atoms with Gasteiger partial charge in [-0.2, -0.15) is 0 Å². The van der Waals surface area contributed by atoms with Crippen molar-refractivity contribution in [1.82, 2.24) is 4.90 Å². The van der Waals surface area contributed by atoms with Crippen LogP contribution >= 0.6 is 11.6 Å². The minimum Gasteiger partial charge on any atom is -0.469 e. The Morgan fingerprint density at radius 1 is 1.43 bits per heavy atom. The molecule has 114 valence electrons. The number of likely N-dealkylation sites (tertiary alicyclic amines) is 1. The summed E-state index contributed by atoms with van der Waals surface area (Å²) in [5.74, 6) is -0.487. The lowest BCUT2D eigenvalue weighted by molar-refractivity contribution is -0.142. The molecule has 0 spiro atoms. The summed E-state index contributed by atoms with van der Waals surface area (Å²) >= 11 is 6.12. The van der Waals surface area contributed by atoms with Crippen LogP contribution in [0.4, 0.5) is 5.69 Å². The quantitative estimate of drug-likeness (QED) is 0.687. The molecule has 1 unspecified atom stereocenters. The van der Waals surface area contributed by atoms with Crippen LogP contribution in [0.2, 0.25) is 5.02 Å². The molecular formula is C15H19ClN2O3. The standard InChI is InChI=1S/C15H19ClN2O3/c1-21-13(19)9-10-5-2-3-8-18(10)15(20)11-6-4-7-12(17)14(11)16/h4,6-7,10H,2-3,5,8-9,17H2,1H3. The Balaban J connectivity index is 2.22. The first-order chi connectivity index (χ1) is 10.0. The maximum atomic E-state index is 12.7. The number of rotatable bonds is 3. The molecule has 1 fully saturated rings. The number of hydrogen-bond acceptors (Lipinski definition) is 4. The number of amides is 1. The van der Waals surface area contributed by atoms with Gasteiger partial charge in [0.2, 0.25) is 0 Å². The third-order valence-corrected chi connectivity index (χ3v) is 4.20. The van der Waals surface area contributed by atoms with E-state index in [-0.39, 0.29) is 29.4 Å². The van der Waals surface area contributed by atoms with Crippen molar-refractivity contribution in [2.75, 3.05) is 19.4 Å². The van der Waals surface area contributed by atoms with Crippen molar-refractivity contribution in [3.8, 4) is 0 Å². The first-order valence-electron chi connectivity index (χ1n) is 6.96. The molecule has 2 rings (SSSR count). The zero-order valence-electron chi connectivity index (χ0n) is 12.0. The fourth-order valence-corrected chi connectivity index (χ4v) is 2.83. The summed E-state index contributed by atoms with van der Waals surface area (Å²) in [5, 5.41) is 0.268. The first-order valence-corrected chi connectivity index (χ1v) is 7.34. The normalized spacial score (nSPS) is 18.4. The highest BCUT2D eigenvalue weighted by Crippen LogP contribution is 2.28. The van der Waals surface area contributed by atoms with E-state index in [4.69, 9.17) is 22.1 Å². The van der Waals surface area contributed by atoms with Gasteiger partial charge in [-0.1, -0.05) is 17.7 Å². The Kier molecular flexibility index (Phi) is 5.07. The highest BCUT2D eigenvalue weighted by atomic mass is 35.5. The average Bonchev–Trinajstić information content (AvgIpc) is 2.50. The van der Waals surface area contributed by atoms with Crippen LogP contribution in [-0.4, -0.2) is 36.5 Å². The summed E-state index contributed by atoms with van der Waals surface area (Å²) < 4.78 is 4.71. The smallest absolute Gasteiger partial charge is 0.307 e. The van der Waals surface area contributed by atoms with E-state index >= 15 is 0 Å². The van der Waals surface area contributed by atoms with E-state index in [0.29, 0.717) is 17.8 Å². The van der Waals surface area contributed by atoms with Gasteiger partial charge in [0, 0.05) is 12.6 Å². The van der Waals surface area contributed by atoms with Gasteiger partial charge < -0.3 is 15.4 Å². The number of piperidine rings is 1. The fraction of sp³-hybridized carbons (Fsp3) is 0.467. The minimum atomic E-state index is -0.307. The van der Waals surface area contributed by atoms with Crippen LogP contribution in [-0.2, 0) is 9.53 Å². The van der Waals surface area contributed by atoms with Crippen molar-refractivity contribution in [3.63, 3.8) is 0 Å². The van der Waals surface area contributed by atoms with Gasteiger partial charge in [-0.3, -0.25) is 9.59 Å². The van der Waals surface area contributed by atoms with Crippen LogP contribution in [0.5, 0.6) is 0 Å². The van der Waals surface area contributed by atoms with E-state index in [0.717, 1.165) is 19.3 Å². The van der Waals surface area contributed by atoms with Crippen molar-refractivity contribution in [2.24, 2.45) is 0 Å². The van der Waals surface area contributed by atoms with E-state index in [1.165, 1.54) is 7.11 Å². The van der Waals surface area contributed by atoms with E-state index in [2.05, 4.69) is 0 Å². The summed E-state index contributed by atoms with van der Waals surface area (Å²) in [4.78, 5) is 25.9. The maximum absolute atomic E-state index is 12.7. The molecule has 1 aromatic rings. The fourth-order valence-electron chi connectivity index (χ4n) is 2.63. The molecule has 0 saturated carbocycles. The monoisotopic (exact) mass is 310 g/mol. The molecule has 1 amide bonds. The molecule has 6 heteroatoms. The van der Waals surface area contributed by atoms with Gasteiger partial charge in [-0.15, -0.1) is 0 Å². The Morgan fingerprint density at radius 2 is 2.19 bits per heavy atom. The van der Waals surface area contributed by atoms with E-state index in [1.54, 1.807) is 23.1 Å². The van der Waals surface area contributed by atoms with Crippen LogP contribution in [0.25, 0.3) is 0 Å². The largest absolute Gasteiger partial charge is 0.469 e. The van der Waals surface area contributed by atoms with Crippen LogP contribution in [0, 0.1) is 0 Å². The molecule has 1 aliphatic heterocycles. The molecular weight excluding hydrogens is 292 g/mol. The van der Waals surface area contributed by atoms with Gasteiger partial charge in [0.05, 0.1) is 29.8 Å². The second-order valence-corrected chi connectivity index (χ2v) is 5.52. The lowest BCUT2D eigenvalue weighted by Crippen LogP contribution is -2.45. The predicted octanol–water partition coefficient (Wildman–Crippen LogP) is 2.48. The summed E-state index contributed by atoms with van der Waals surface area (Å²) in [6, 6.07) is 4.87. The molecule has 0 aliphatic carbocycles.